The van der Waals surface area contributed by atoms with Gasteiger partial charge in [-0.3, -0.25) is 9.59 Å². The summed E-state index contributed by atoms with van der Waals surface area (Å²) >= 11 is 0. The Morgan fingerprint density at radius 1 is 1.25 bits per heavy atom. The van der Waals surface area contributed by atoms with Crippen LogP contribution in [-0.2, 0) is 22.6 Å². The number of nitrogens with zero attached hydrogens (tertiary/aromatic N) is 1. The van der Waals surface area contributed by atoms with E-state index in [1.54, 1.807) is 11.0 Å². The van der Waals surface area contributed by atoms with Gasteiger partial charge in [-0.1, -0.05) is 12.1 Å². The maximum absolute atomic E-state index is 13.6. The minimum absolute atomic E-state index is 0.0986. The fourth-order valence-corrected chi connectivity index (χ4v) is 3.08. The first-order valence-electron chi connectivity index (χ1n) is 6.86. The van der Waals surface area contributed by atoms with Crippen LogP contribution in [0.15, 0.2) is 18.2 Å². The molecule has 3 rings (SSSR count). The molecule has 0 aromatic heterocycles. The van der Waals surface area contributed by atoms with Crippen LogP contribution in [0, 0.1) is 17.7 Å². The number of amides is 1. The molecule has 4 nitrogen and oxygen atoms in total. The molecule has 0 spiro atoms. The molecule has 0 radical (unpaired) electrons. The molecule has 1 saturated carbocycles. The lowest BCUT2D eigenvalue weighted by Gasteiger charge is -2.38. The number of halogens is 1. The van der Waals surface area contributed by atoms with E-state index in [4.69, 9.17) is 5.11 Å². The molecule has 20 heavy (non-hydrogen) atoms. The molecule has 1 aliphatic heterocycles. The summed E-state index contributed by atoms with van der Waals surface area (Å²) in [6.07, 6.45) is 1.71. The van der Waals surface area contributed by atoms with Gasteiger partial charge in [-0.2, -0.15) is 0 Å². The summed E-state index contributed by atoms with van der Waals surface area (Å²) in [5.74, 6) is -2.16. The van der Waals surface area contributed by atoms with Crippen LogP contribution < -0.4 is 0 Å². The van der Waals surface area contributed by atoms with E-state index in [1.165, 1.54) is 6.07 Å². The molecule has 106 valence electrons. The van der Waals surface area contributed by atoms with Gasteiger partial charge in [0, 0.05) is 13.1 Å². The van der Waals surface area contributed by atoms with Crippen LogP contribution in [0.2, 0.25) is 0 Å². The van der Waals surface area contributed by atoms with E-state index >= 15 is 0 Å². The van der Waals surface area contributed by atoms with Crippen molar-refractivity contribution in [1.82, 2.24) is 4.90 Å². The first kappa shape index (κ1) is 13.1. The van der Waals surface area contributed by atoms with E-state index in [0.717, 1.165) is 5.56 Å². The van der Waals surface area contributed by atoms with Crippen molar-refractivity contribution in [2.24, 2.45) is 11.8 Å². The lowest BCUT2D eigenvalue weighted by atomic mass is 9.72. The minimum Gasteiger partial charge on any atom is -0.481 e. The Labute approximate surface area is 116 Å². The van der Waals surface area contributed by atoms with Gasteiger partial charge in [0.05, 0.1) is 11.8 Å². The highest BCUT2D eigenvalue weighted by Crippen LogP contribution is 2.37. The van der Waals surface area contributed by atoms with Crippen molar-refractivity contribution in [3.63, 3.8) is 0 Å². The summed E-state index contributed by atoms with van der Waals surface area (Å²) in [6.45, 7) is 0.852. The Morgan fingerprint density at radius 2 is 2.00 bits per heavy atom. The highest BCUT2D eigenvalue weighted by molar-refractivity contribution is 5.86. The fraction of sp³-hybridized carbons (Fsp3) is 0.467. The summed E-state index contributed by atoms with van der Waals surface area (Å²) in [7, 11) is 0. The minimum atomic E-state index is -0.891. The van der Waals surface area contributed by atoms with Crippen molar-refractivity contribution in [3.05, 3.63) is 35.1 Å². The largest absolute Gasteiger partial charge is 0.481 e. The normalized spacial score (nSPS) is 24.8. The number of hydrogen-bond acceptors (Lipinski definition) is 2. The lowest BCUT2D eigenvalue weighted by molar-refractivity contribution is -0.157. The van der Waals surface area contributed by atoms with Crippen molar-refractivity contribution < 1.29 is 19.1 Å². The molecule has 2 atom stereocenters. The van der Waals surface area contributed by atoms with Crippen LogP contribution in [0.1, 0.15) is 24.0 Å². The van der Waals surface area contributed by atoms with Gasteiger partial charge in [0.15, 0.2) is 0 Å². The van der Waals surface area contributed by atoms with Crippen molar-refractivity contribution in [1.29, 1.82) is 0 Å². The van der Waals surface area contributed by atoms with E-state index in [0.29, 0.717) is 37.9 Å². The topological polar surface area (TPSA) is 57.6 Å². The second-order valence-corrected chi connectivity index (χ2v) is 5.52. The second-order valence-electron chi connectivity index (χ2n) is 5.52. The smallest absolute Gasteiger partial charge is 0.307 e. The number of carbonyl (C=O) groups is 2. The summed E-state index contributed by atoms with van der Waals surface area (Å²) in [5.41, 5.74) is 1.51. The van der Waals surface area contributed by atoms with Crippen molar-refractivity contribution >= 4 is 11.9 Å². The molecule has 1 heterocycles. The molecule has 1 aromatic carbocycles. The number of hydrogen-bond donors (Lipinski definition) is 1. The van der Waals surface area contributed by atoms with Crippen LogP contribution in [-0.4, -0.2) is 28.4 Å². The quantitative estimate of drug-likeness (QED) is 0.897. The Bertz CT molecular complexity index is 572. The summed E-state index contributed by atoms with van der Waals surface area (Å²) in [4.78, 5) is 25.0. The zero-order valence-corrected chi connectivity index (χ0v) is 11.0. The zero-order chi connectivity index (χ0) is 14.3. The first-order valence-corrected chi connectivity index (χ1v) is 6.86. The molecule has 1 aliphatic carbocycles. The van der Waals surface area contributed by atoms with Gasteiger partial charge in [0.2, 0.25) is 5.91 Å². The lowest BCUT2D eigenvalue weighted by Crippen LogP contribution is -2.47. The zero-order valence-electron chi connectivity index (χ0n) is 11.0. The van der Waals surface area contributed by atoms with Gasteiger partial charge in [0.25, 0.3) is 0 Å². The van der Waals surface area contributed by atoms with Gasteiger partial charge in [-0.05, 0) is 36.5 Å². The summed E-state index contributed by atoms with van der Waals surface area (Å²) in [6, 6.07) is 4.90. The number of rotatable bonds is 2. The maximum atomic E-state index is 13.6. The molecular weight excluding hydrogens is 261 g/mol. The fourth-order valence-electron chi connectivity index (χ4n) is 3.08. The standard InChI is InChI=1S/C15H16FNO3/c16-13-3-1-2-9-8-17(7-6-10(9)13)14(18)11-4-5-12(11)15(19)20/h1-3,11-12H,4-8H2,(H,19,20). The van der Waals surface area contributed by atoms with E-state index in [1.807, 2.05) is 6.07 Å². The van der Waals surface area contributed by atoms with Crippen LogP contribution in [0.4, 0.5) is 4.39 Å². The molecule has 2 unspecified atom stereocenters. The highest BCUT2D eigenvalue weighted by atomic mass is 19.1. The number of carbonyl (C=O) groups excluding carboxylic acids is 1. The molecular formula is C15H16FNO3. The van der Waals surface area contributed by atoms with E-state index in [9.17, 15) is 14.0 Å². The van der Waals surface area contributed by atoms with Crippen LogP contribution in [0.25, 0.3) is 0 Å². The second kappa shape index (κ2) is 4.89. The van der Waals surface area contributed by atoms with Crippen molar-refractivity contribution in [2.45, 2.75) is 25.8 Å². The Balaban J connectivity index is 1.74. The van der Waals surface area contributed by atoms with E-state index in [-0.39, 0.29) is 11.7 Å². The predicted octanol–water partition coefficient (Wildman–Crippen LogP) is 1.82. The molecule has 0 bridgehead atoms. The Morgan fingerprint density at radius 3 is 2.65 bits per heavy atom. The van der Waals surface area contributed by atoms with Gasteiger partial charge >= 0.3 is 5.97 Å². The third-order valence-electron chi connectivity index (χ3n) is 4.43. The number of fused-ring (bicyclic) bond motifs is 1. The monoisotopic (exact) mass is 277 g/mol. The number of aliphatic carboxylic acids is 1. The molecule has 1 fully saturated rings. The number of carboxylic acids is 1. The van der Waals surface area contributed by atoms with E-state index < -0.39 is 17.8 Å². The van der Waals surface area contributed by atoms with Crippen LogP contribution >= 0.6 is 0 Å². The SMILES string of the molecule is O=C(O)C1CCC1C(=O)N1CCc2c(F)cccc2C1. The highest BCUT2D eigenvalue weighted by Gasteiger charge is 2.43. The number of carboxylic acid groups (broad SMARTS) is 1. The van der Waals surface area contributed by atoms with Gasteiger partial charge in [-0.25, -0.2) is 4.39 Å². The van der Waals surface area contributed by atoms with Gasteiger partial charge in [0.1, 0.15) is 5.82 Å². The third-order valence-corrected chi connectivity index (χ3v) is 4.43. The van der Waals surface area contributed by atoms with Crippen molar-refractivity contribution in [2.75, 3.05) is 6.54 Å². The Hall–Kier alpha value is -1.91. The van der Waals surface area contributed by atoms with Crippen LogP contribution in [0.3, 0.4) is 0 Å². The Kier molecular flexibility index (Phi) is 3.20. The molecule has 1 N–H and O–H groups in total. The molecule has 0 saturated heterocycles. The molecule has 1 aromatic rings. The molecule has 2 aliphatic rings. The average Bonchev–Trinajstić information content (AvgIpc) is 2.36. The van der Waals surface area contributed by atoms with Gasteiger partial charge in [-0.15, -0.1) is 0 Å². The maximum Gasteiger partial charge on any atom is 0.307 e. The number of benzene rings is 1. The average molecular weight is 277 g/mol. The van der Waals surface area contributed by atoms with Gasteiger partial charge < -0.3 is 10.0 Å². The third kappa shape index (κ3) is 2.07. The molecule has 1 amide bonds. The van der Waals surface area contributed by atoms with Crippen molar-refractivity contribution in [3.8, 4) is 0 Å². The van der Waals surface area contributed by atoms with Crippen LogP contribution in [0.5, 0.6) is 0 Å². The van der Waals surface area contributed by atoms with E-state index in [2.05, 4.69) is 0 Å². The predicted molar refractivity (Wildman–Crippen MR) is 69.4 cm³/mol. The molecule has 5 heteroatoms. The summed E-state index contributed by atoms with van der Waals surface area (Å²) in [5, 5.41) is 9.02. The summed E-state index contributed by atoms with van der Waals surface area (Å²) < 4.78 is 13.6. The first-order chi connectivity index (χ1) is 9.58.